The van der Waals surface area contributed by atoms with Crippen LogP contribution >= 0.6 is 0 Å². The monoisotopic (exact) mass is 378 g/mol. The number of anilines is 1. The topological polar surface area (TPSA) is 53.6 Å². The molecule has 0 bridgehead atoms. The van der Waals surface area contributed by atoms with Crippen LogP contribution in [-0.2, 0) is 13.0 Å². The van der Waals surface area contributed by atoms with E-state index in [0.717, 1.165) is 33.3 Å². The number of nitrogens with one attached hydrogen (secondary N) is 2. The summed E-state index contributed by atoms with van der Waals surface area (Å²) in [4.78, 5) is 11.5. The van der Waals surface area contributed by atoms with E-state index in [9.17, 15) is 8.78 Å². The molecule has 0 aliphatic heterocycles. The fourth-order valence-electron chi connectivity index (χ4n) is 3.31. The van der Waals surface area contributed by atoms with Gasteiger partial charge in [-0.15, -0.1) is 0 Å². The van der Waals surface area contributed by atoms with Gasteiger partial charge in [-0.05, 0) is 60.4 Å². The summed E-state index contributed by atoms with van der Waals surface area (Å²) >= 11 is 0. The van der Waals surface area contributed by atoms with Crippen LogP contribution in [-0.4, -0.2) is 15.0 Å². The summed E-state index contributed by atoms with van der Waals surface area (Å²) in [5, 5.41) is 4.03. The smallest absolute Gasteiger partial charge is 0.218 e. The number of aromatic nitrogens is 3. The molecule has 0 saturated carbocycles. The fraction of sp³-hybridized carbons (Fsp3) is 0.182. The Labute approximate surface area is 161 Å². The molecule has 142 valence electrons. The van der Waals surface area contributed by atoms with Crippen molar-refractivity contribution < 1.29 is 8.78 Å². The maximum atomic E-state index is 14.5. The lowest BCUT2D eigenvalue weighted by Gasteiger charge is -2.09. The van der Waals surface area contributed by atoms with E-state index in [0.29, 0.717) is 24.3 Å². The maximum Gasteiger partial charge on any atom is 0.218 e. The zero-order valence-corrected chi connectivity index (χ0v) is 15.7. The molecule has 0 aliphatic carbocycles. The molecule has 0 unspecified atom stereocenters. The van der Waals surface area contributed by atoms with Gasteiger partial charge in [-0.1, -0.05) is 12.1 Å². The molecule has 0 radical (unpaired) electrons. The molecule has 6 heteroatoms. The van der Waals surface area contributed by atoms with Crippen molar-refractivity contribution in [2.24, 2.45) is 0 Å². The molecule has 1 aromatic carbocycles. The van der Waals surface area contributed by atoms with Gasteiger partial charge in [-0.2, -0.15) is 4.39 Å². The van der Waals surface area contributed by atoms with Crippen LogP contribution in [0.15, 0.2) is 48.8 Å². The Bertz CT molecular complexity index is 1130. The molecule has 3 aromatic heterocycles. The predicted octanol–water partition coefficient (Wildman–Crippen LogP) is 5.06. The number of halogens is 2. The van der Waals surface area contributed by atoms with Crippen LogP contribution in [0.3, 0.4) is 0 Å². The summed E-state index contributed by atoms with van der Waals surface area (Å²) < 4.78 is 28.0. The zero-order valence-electron chi connectivity index (χ0n) is 15.7. The average molecular weight is 378 g/mol. The normalized spacial score (nSPS) is 11.1. The molecule has 0 atom stereocenters. The summed E-state index contributed by atoms with van der Waals surface area (Å²) in [6.45, 7) is 4.19. The number of nitrogens with zero attached hydrogens (tertiary/aromatic N) is 2. The standard InChI is InChI=1S/C22H20F2N4/c1-13-5-15(8-18(23)6-13)11-25-20-4-3-16(21(24)28-20)9-17-12-27-22-19(17)7-14(2)10-26-22/h3-8,10,12H,9,11H2,1-2H3,(H,25,28)(H,26,27). The molecule has 0 aliphatic rings. The van der Waals surface area contributed by atoms with Gasteiger partial charge >= 0.3 is 0 Å². The minimum atomic E-state index is -0.518. The third-order valence-electron chi connectivity index (χ3n) is 4.64. The van der Waals surface area contributed by atoms with Gasteiger partial charge in [0.2, 0.25) is 5.95 Å². The minimum absolute atomic E-state index is 0.283. The fourth-order valence-corrected chi connectivity index (χ4v) is 3.31. The highest BCUT2D eigenvalue weighted by atomic mass is 19.1. The first-order valence-electron chi connectivity index (χ1n) is 9.06. The van der Waals surface area contributed by atoms with Crippen molar-refractivity contribution in [3.05, 3.63) is 88.4 Å². The molecule has 0 saturated heterocycles. The van der Waals surface area contributed by atoms with Crippen LogP contribution in [0.25, 0.3) is 11.0 Å². The van der Waals surface area contributed by atoms with Crippen LogP contribution in [0.5, 0.6) is 0 Å². The van der Waals surface area contributed by atoms with E-state index in [1.54, 1.807) is 18.3 Å². The number of pyridine rings is 2. The number of hydrogen-bond donors (Lipinski definition) is 2. The third-order valence-corrected chi connectivity index (χ3v) is 4.64. The number of rotatable bonds is 5. The number of hydrogen-bond acceptors (Lipinski definition) is 3. The Morgan fingerprint density at radius 3 is 2.64 bits per heavy atom. The maximum absolute atomic E-state index is 14.5. The van der Waals surface area contributed by atoms with E-state index in [1.165, 1.54) is 12.1 Å². The Morgan fingerprint density at radius 2 is 1.86 bits per heavy atom. The molecule has 2 N–H and O–H groups in total. The summed E-state index contributed by atoms with van der Waals surface area (Å²) in [7, 11) is 0. The van der Waals surface area contributed by atoms with Gasteiger partial charge in [0.25, 0.3) is 0 Å². The summed E-state index contributed by atoms with van der Waals surface area (Å²) in [6, 6.07) is 10.3. The van der Waals surface area contributed by atoms with Crippen molar-refractivity contribution in [2.45, 2.75) is 26.8 Å². The van der Waals surface area contributed by atoms with Crippen LogP contribution < -0.4 is 5.32 Å². The third kappa shape index (κ3) is 3.86. The molecule has 0 fully saturated rings. The Hall–Kier alpha value is -3.28. The summed E-state index contributed by atoms with van der Waals surface area (Å²) in [5.41, 5.74) is 4.95. The Morgan fingerprint density at radius 1 is 1.00 bits per heavy atom. The SMILES string of the molecule is Cc1cc(F)cc(CNc2ccc(Cc3c[nH]c4ncc(C)cc34)c(F)n2)c1. The molecular weight excluding hydrogens is 358 g/mol. The van der Waals surface area contributed by atoms with Crippen molar-refractivity contribution in [3.63, 3.8) is 0 Å². The van der Waals surface area contributed by atoms with Crippen molar-refractivity contribution in [2.75, 3.05) is 5.32 Å². The Balaban J connectivity index is 1.50. The lowest BCUT2D eigenvalue weighted by Crippen LogP contribution is -2.05. The molecule has 0 spiro atoms. The summed E-state index contributed by atoms with van der Waals surface area (Å²) in [5.74, 6) is -0.385. The van der Waals surface area contributed by atoms with Gasteiger partial charge in [0.15, 0.2) is 0 Å². The minimum Gasteiger partial charge on any atom is -0.366 e. The highest BCUT2D eigenvalue weighted by molar-refractivity contribution is 5.80. The van der Waals surface area contributed by atoms with Gasteiger partial charge < -0.3 is 10.3 Å². The molecule has 4 rings (SSSR count). The van der Waals surface area contributed by atoms with Crippen molar-refractivity contribution >= 4 is 16.9 Å². The number of aromatic amines is 1. The quantitative estimate of drug-likeness (QED) is 0.478. The lowest BCUT2D eigenvalue weighted by molar-refractivity contribution is 0.571. The number of fused-ring (bicyclic) bond motifs is 1. The van der Waals surface area contributed by atoms with Gasteiger partial charge in [0, 0.05) is 36.3 Å². The van der Waals surface area contributed by atoms with Gasteiger partial charge in [-0.25, -0.2) is 14.4 Å². The van der Waals surface area contributed by atoms with Crippen LogP contribution in [0.2, 0.25) is 0 Å². The van der Waals surface area contributed by atoms with Crippen molar-refractivity contribution in [3.8, 4) is 0 Å². The molecule has 3 heterocycles. The second-order valence-corrected chi connectivity index (χ2v) is 7.04. The second kappa shape index (κ2) is 7.38. The van der Waals surface area contributed by atoms with Gasteiger partial charge in [0.05, 0.1) is 0 Å². The van der Waals surface area contributed by atoms with E-state index in [4.69, 9.17) is 0 Å². The first-order valence-corrected chi connectivity index (χ1v) is 9.06. The largest absolute Gasteiger partial charge is 0.366 e. The number of benzene rings is 1. The van der Waals surface area contributed by atoms with E-state index >= 15 is 0 Å². The van der Waals surface area contributed by atoms with E-state index in [2.05, 4.69) is 20.3 Å². The average Bonchev–Trinajstić information content (AvgIpc) is 3.03. The van der Waals surface area contributed by atoms with E-state index in [-0.39, 0.29) is 5.82 Å². The van der Waals surface area contributed by atoms with Crippen molar-refractivity contribution in [1.29, 1.82) is 0 Å². The van der Waals surface area contributed by atoms with Gasteiger partial charge in [-0.3, -0.25) is 0 Å². The van der Waals surface area contributed by atoms with E-state index < -0.39 is 5.95 Å². The first kappa shape index (κ1) is 18.1. The predicted molar refractivity (Wildman–Crippen MR) is 106 cm³/mol. The number of H-pyrrole nitrogens is 1. The molecule has 0 amide bonds. The molecular formula is C22H20F2N4. The highest BCUT2D eigenvalue weighted by Gasteiger charge is 2.11. The molecule has 4 aromatic rings. The second-order valence-electron chi connectivity index (χ2n) is 7.04. The van der Waals surface area contributed by atoms with Crippen molar-refractivity contribution in [1.82, 2.24) is 15.0 Å². The molecule has 28 heavy (non-hydrogen) atoms. The highest BCUT2D eigenvalue weighted by Crippen LogP contribution is 2.22. The van der Waals surface area contributed by atoms with Gasteiger partial charge in [0.1, 0.15) is 17.3 Å². The van der Waals surface area contributed by atoms with Crippen LogP contribution in [0.4, 0.5) is 14.6 Å². The first-order chi connectivity index (χ1) is 13.5. The zero-order chi connectivity index (χ0) is 19.7. The van der Waals surface area contributed by atoms with E-state index in [1.807, 2.05) is 32.2 Å². The molecule has 4 nitrogen and oxygen atoms in total. The van der Waals surface area contributed by atoms with Crippen LogP contribution in [0, 0.1) is 25.6 Å². The lowest BCUT2D eigenvalue weighted by atomic mass is 10.1. The van der Waals surface area contributed by atoms with Crippen LogP contribution in [0.1, 0.15) is 27.8 Å². The Kier molecular flexibility index (Phi) is 4.77. The number of aryl methyl sites for hydroxylation is 2. The summed E-state index contributed by atoms with van der Waals surface area (Å²) in [6.07, 6.45) is 4.08.